The zero-order valence-corrected chi connectivity index (χ0v) is 18.2. The van der Waals surface area contributed by atoms with Crippen LogP contribution in [0.25, 0.3) is 0 Å². The van der Waals surface area contributed by atoms with E-state index in [1.54, 1.807) is 41.4 Å². The molecule has 0 spiro atoms. The number of carbonyl (C=O) groups excluding carboxylic acids is 1. The van der Waals surface area contributed by atoms with Gasteiger partial charge in [-0.05, 0) is 48.2 Å². The van der Waals surface area contributed by atoms with Crippen LogP contribution >= 0.6 is 0 Å². The van der Waals surface area contributed by atoms with Crippen molar-refractivity contribution in [3.05, 3.63) is 65.5 Å². The lowest BCUT2D eigenvalue weighted by molar-refractivity contribution is -0.138. The second-order valence-electron chi connectivity index (χ2n) is 8.29. The maximum absolute atomic E-state index is 13.5. The van der Waals surface area contributed by atoms with Crippen LogP contribution in [0.2, 0.25) is 0 Å². The predicted molar refractivity (Wildman–Crippen MR) is 119 cm³/mol. The first-order valence-electron chi connectivity index (χ1n) is 10.5. The van der Waals surface area contributed by atoms with Crippen molar-refractivity contribution in [2.75, 3.05) is 11.0 Å². The molecule has 1 fully saturated rings. The Morgan fingerprint density at radius 2 is 1.68 bits per heavy atom. The van der Waals surface area contributed by atoms with E-state index >= 15 is 0 Å². The molecule has 8 heteroatoms. The first-order chi connectivity index (χ1) is 14.8. The number of hydrazone groups is 1. The highest BCUT2D eigenvalue weighted by molar-refractivity contribution is 7.92. The molecule has 0 radical (unpaired) electrons. The average Bonchev–Trinajstić information content (AvgIpc) is 3.19. The second kappa shape index (κ2) is 8.78. The highest BCUT2D eigenvalue weighted by Gasteiger charge is 2.36. The summed E-state index contributed by atoms with van der Waals surface area (Å²) in [6.45, 7) is 0. The van der Waals surface area contributed by atoms with Gasteiger partial charge in [-0.15, -0.1) is 0 Å². The van der Waals surface area contributed by atoms with Gasteiger partial charge in [0.1, 0.15) is 5.82 Å². The number of carbonyl (C=O) groups is 1. The van der Waals surface area contributed by atoms with Crippen LogP contribution in [-0.4, -0.2) is 31.3 Å². The van der Waals surface area contributed by atoms with Gasteiger partial charge in [-0.2, -0.15) is 5.10 Å². The normalized spacial score (nSPS) is 19.9. The largest absolute Gasteiger partial charge is 0.284 e. The van der Waals surface area contributed by atoms with Crippen molar-refractivity contribution >= 4 is 27.3 Å². The molecular formula is C23H26FN3O3S. The van der Waals surface area contributed by atoms with E-state index in [2.05, 4.69) is 9.82 Å². The van der Waals surface area contributed by atoms with E-state index in [4.69, 9.17) is 0 Å². The lowest BCUT2D eigenvalue weighted by atomic mass is 9.88. The number of nitrogens with one attached hydrogen (secondary N) is 1. The lowest BCUT2D eigenvalue weighted by Crippen LogP contribution is -2.33. The molecule has 6 nitrogen and oxygen atoms in total. The van der Waals surface area contributed by atoms with Crippen LogP contribution in [0.3, 0.4) is 0 Å². The lowest BCUT2D eigenvalue weighted by Gasteiger charge is -2.28. The minimum atomic E-state index is -3.35. The van der Waals surface area contributed by atoms with Crippen molar-refractivity contribution < 1.29 is 17.6 Å². The van der Waals surface area contributed by atoms with Gasteiger partial charge in [-0.1, -0.05) is 43.5 Å². The Balaban J connectivity index is 1.62. The van der Waals surface area contributed by atoms with Gasteiger partial charge < -0.3 is 0 Å². The minimum absolute atomic E-state index is 0.0267. The second-order valence-corrected chi connectivity index (χ2v) is 10.0. The van der Waals surface area contributed by atoms with Crippen LogP contribution in [0.5, 0.6) is 0 Å². The van der Waals surface area contributed by atoms with Gasteiger partial charge in [-0.3, -0.25) is 9.52 Å². The molecule has 4 rings (SSSR count). The Hall–Kier alpha value is -2.74. The quantitative estimate of drug-likeness (QED) is 0.741. The van der Waals surface area contributed by atoms with Crippen LogP contribution in [0, 0.1) is 11.7 Å². The van der Waals surface area contributed by atoms with E-state index in [1.165, 1.54) is 12.1 Å². The van der Waals surface area contributed by atoms with E-state index in [9.17, 15) is 17.6 Å². The van der Waals surface area contributed by atoms with Gasteiger partial charge in [0.05, 0.1) is 18.0 Å². The van der Waals surface area contributed by atoms with Crippen molar-refractivity contribution in [1.82, 2.24) is 5.01 Å². The van der Waals surface area contributed by atoms with Gasteiger partial charge in [0.25, 0.3) is 0 Å². The molecule has 1 aliphatic heterocycles. The third-order valence-electron chi connectivity index (χ3n) is 5.87. The van der Waals surface area contributed by atoms with Gasteiger partial charge in [0.2, 0.25) is 15.9 Å². The molecule has 0 saturated heterocycles. The SMILES string of the molecule is CS(=O)(=O)Nc1ccc(C2=NN(C(=O)C3CCCCC3)[C@@H](c3ccc(F)cc3)C2)cc1. The Kier molecular flexibility index (Phi) is 6.09. The van der Waals surface area contributed by atoms with Crippen molar-refractivity contribution in [1.29, 1.82) is 0 Å². The van der Waals surface area contributed by atoms with Crippen molar-refractivity contribution in [3.8, 4) is 0 Å². The van der Waals surface area contributed by atoms with Gasteiger partial charge >= 0.3 is 0 Å². The number of hydrogen-bond acceptors (Lipinski definition) is 4. The highest BCUT2D eigenvalue weighted by Crippen LogP contribution is 2.36. The Morgan fingerprint density at radius 1 is 1.03 bits per heavy atom. The number of hydrogen-bond donors (Lipinski definition) is 1. The van der Waals surface area contributed by atoms with Gasteiger partial charge in [0.15, 0.2) is 0 Å². The van der Waals surface area contributed by atoms with Crippen LogP contribution in [-0.2, 0) is 14.8 Å². The fourth-order valence-corrected chi connectivity index (χ4v) is 4.88. The van der Waals surface area contributed by atoms with E-state index in [0.717, 1.165) is 55.2 Å². The number of rotatable bonds is 5. The van der Waals surface area contributed by atoms with Crippen molar-refractivity contribution in [2.45, 2.75) is 44.6 Å². The molecule has 1 heterocycles. The maximum atomic E-state index is 13.5. The minimum Gasteiger partial charge on any atom is -0.284 e. The zero-order valence-electron chi connectivity index (χ0n) is 17.4. The summed E-state index contributed by atoms with van der Waals surface area (Å²) in [6, 6.07) is 12.9. The Morgan fingerprint density at radius 3 is 2.29 bits per heavy atom. The Bertz CT molecular complexity index is 1080. The molecule has 31 heavy (non-hydrogen) atoms. The summed E-state index contributed by atoms with van der Waals surface area (Å²) in [5.74, 6) is -0.317. The summed E-state index contributed by atoms with van der Waals surface area (Å²) >= 11 is 0. The third-order valence-corrected chi connectivity index (χ3v) is 6.47. The standard InChI is InChI=1S/C23H26FN3O3S/c1-31(29,30)26-20-13-9-16(10-14-20)21-15-22(17-7-11-19(24)12-8-17)27(25-21)23(28)18-5-3-2-4-6-18/h7-14,18,22,26H,2-6,15H2,1H3/t22-/m1/s1. The fourth-order valence-electron chi connectivity index (χ4n) is 4.31. The molecule has 1 saturated carbocycles. The zero-order chi connectivity index (χ0) is 22.0. The monoisotopic (exact) mass is 443 g/mol. The molecule has 1 atom stereocenters. The Labute approximate surface area is 182 Å². The number of anilines is 1. The van der Waals surface area contributed by atoms with E-state index in [1.807, 2.05) is 0 Å². The summed E-state index contributed by atoms with van der Waals surface area (Å²) < 4.78 is 38.8. The number of sulfonamides is 1. The number of nitrogens with zero attached hydrogens (tertiary/aromatic N) is 2. The summed E-state index contributed by atoms with van der Waals surface area (Å²) in [5.41, 5.74) is 2.89. The van der Waals surface area contributed by atoms with Crippen LogP contribution in [0.15, 0.2) is 53.6 Å². The molecule has 1 amide bonds. The van der Waals surface area contributed by atoms with E-state index in [0.29, 0.717) is 12.1 Å². The molecule has 0 bridgehead atoms. The molecule has 1 N–H and O–H groups in total. The van der Waals surface area contributed by atoms with E-state index < -0.39 is 10.0 Å². The molecular weight excluding hydrogens is 417 g/mol. The third kappa shape index (κ3) is 5.12. The maximum Gasteiger partial charge on any atom is 0.246 e. The van der Waals surface area contributed by atoms with Crippen LogP contribution in [0.1, 0.15) is 55.7 Å². The summed E-state index contributed by atoms with van der Waals surface area (Å²) in [4.78, 5) is 13.3. The molecule has 0 aromatic heterocycles. The summed E-state index contributed by atoms with van der Waals surface area (Å²) in [7, 11) is -3.35. The predicted octanol–water partition coefficient (Wildman–Crippen LogP) is 4.46. The number of amides is 1. The van der Waals surface area contributed by atoms with E-state index in [-0.39, 0.29) is 23.7 Å². The summed E-state index contributed by atoms with van der Waals surface area (Å²) in [6.07, 6.45) is 6.64. The topological polar surface area (TPSA) is 78.8 Å². The van der Waals surface area contributed by atoms with Crippen LogP contribution < -0.4 is 4.72 Å². The van der Waals surface area contributed by atoms with Crippen molar-refractivity contribution in [3.63, 3.8) is 0 Å². The number of benzene rings is 2. The first kappa shape index (κ1) is 21.5. The highest BCUT2D eigenvalue weighted by atomic mass is 32.2. The van der Waals surface area contributed by atoms with Gasteiger partial charge in [0, 0.05) is 18.0 Å². The summed E-state index contributed by atoms with van der Waals surface area (Å²) in [5, 5.41) is 6.27. The molecule has 2 aromatic rings. The molecule has 0 unspecified atom stereocenters. The fraction of sp³-hybridized carbons (Fsp3) is 0.391. The number of halogens is 1. The first-order valence-corrected chi connectivity index (χ1v) is 12.4. The molecule has 1 aliphatic carbocycles. The van der Waals surface area contributed by atoms with Gasteiger partial charge in [-0.25, -0.2) is 17.8 Å². The average molecular weight is 444 g/mol. The smallest absolute Gasteiger partial charge is 0.246 e. The molecule has 2 aliphatic rings. The molecule has 2 aromatic carbocycles. The van der Waals surface area contributed by atoms with Crippen molar-refractivity contribution in [2.24, 2.45) is 11.0 Å². The molecule has 164 valence electrons. The van der Waals surface area contributed by atoms with Crippen LogP contribution in [0.4, 0.5) is 10.1 Å².